The van der Waals surface area contributed by atoms with Crippen LogP contribution in [0.25, 0.3) is 0 Å². The van der Waals surface area contributed by atoms with Crippen molar-refractivity contribution in [3.63, 3.8) is 0 Å². The number of aryl methyl sites for hydroxylation is 1. The highest BCUT2D eigenvalue weighted by Crippen LogP contribution is 2.12. The highest BCUT2D eigenvalue weighted by Gasteiger charge is 2.21. The number of ether oxygens (including phenoxy) is 2. The summed E-state index contributed by atoms with van der Waals surface area (Å²) in [7, 11) is 0. The average Bonchev–Trinajstić information content (AvgIpc) is 2.88. The molecule has 2 heterocycles. The minimum Gasteiger partial charge on any atom is -0.392 e. The largest absolute Gasteiger partial charge is 0.392 e. The first-order valence-electron chi connectivity index (χ1n) is 5.57. The van der Waals surface area contributed by atoms with Crippen LogP contribution >= 0.6 is 0 Å². The van der Waals surface area contributed by atoms with Gasteiger partial charge in [0.15, 0.2) is 6.29 Å². The summed E-state index contributed by atoms with van der Waals surface area (Å²) < 4.78 is 12.3. The number of nitrogens with zero attached hydrogens (tertiary/aromatic N) is 3. The van der Waals surface area contributed by atoms with Crippen LogP contribution in [-0.4, -0.2) is 45.5 Å². The highest BCUT2D eigenvalue weighted by molar-refractivity contribution is 4.87. The maximum absolute atomic E-state index is 9.86. The Kier molecular flexibility index (Phi) is 3.87. The second kappa shape index (κ2) is 5.38. The van der Waals surface area contributed by atoms with Crippen molar-refractivity contribution in [1.82, 2.24) is 14.8 Å². The summed E-state index contributed by atoms with van der Waals surface area (Å²) in [5.74, 6) is 0.799. The normalized spacial score (nSPS) is 19.1. The molecule has 0 aliphatic carbocycles. The van der Waals surface area contributed by atoms with Crippen LogP contribution in [-0.2, 0) is 22.4 Å². The van der Waals surface area contributed by atoms with E-state index in [4.69, 9.17) is 9.47 Å². The molecule has 16 heavy (non-hydrogen) atoms. The maximum Gasteiger partial charge on any atom is 0.160 e. The van der Waals surface area contributed by atoms with Gasteiger partial charge in [0.25, 0.3) is 0 Å². The van der Waals surface area contributed by atoms with Crippen LogP contribution in [0.2, 0.25) is 0 Å². The van der Waals surface area contributed by atoms with Crippen LogP contribution in [0, 0.1) is 0 Å². The van der Waals surface area contributed by atoms with E-state index >= 15 is 0 Å². The fourth-order valence-electron chi connectivity index (χ4n) is 1.77. The van der Waals surface area contributed by atoms with E-state index in [1.165, 1.54) is 6.33 Å². The highest BCUT2D eigenvalue weighted by atomic mass is 16.7. The molecule has 0 radical (unpaired) electrons. The van der Waals surface area contributed by atoms with Gasteiger partial charge in [-0.2, -0.15) is 5.10 Å². The van der Waals surface area contributed by atoms with E-state index in [9.17, 15) is 5.11 Å². The van der Waals surface area contributed by atoms with Gasteiger partial charge in [0.2, 0.25) is 0 Å². The van der Waals surface area contributed by atoms with Gasteiger partial charge in [-0.25, -0.2) is 4.98 Å². The number of hydrogen-bond donors (Lipinski definition) is 1. The number of hydrogen-bond acceptors (Lipinski definition) is 5. The van der Waals surface area contributed by atoms with E-state index in [1.807, 2.05) is 6.92 Å². The molecule has 1 atom stereocenters. The van der Waals surface area contributed by atoms with Crippen molar-refractivity contribution in [3.8, 4) is 0 Å². The molecule has 6 nitrogen and oxygen atoms in total. The third-order valence-electron chi connectivity index (χ3n) is 2.57. The van der Waals surface area contributed by atoms with E-state index in [1.54, 1.807) is 4.68 Å². The lowest BCUT2D eigenvalue weighted by molar-refractivity contribution is -0.0701. The van der Waals surface area contributed by atoms with Crippen LogP contribution in [0.1, 0.15) is 19.2 Å². The van der Waals surface area contributed by atoms with Gasteiger partial charge in [-0.15, -0.1) is 0 Å². The van der Waals surface area contributed by atoms with Crippen LogP contribution in [0.5, 0.6) is 0 Å². The number of aliphatic hydroxyl groups is 1. The fraction of sp³-hybridized carbons (Fsp3) is 0.800. The van der Waals surface area contributed by atoms with Crippen molar-refractivity contribution < 1.29 is 14.6 Å². The number of aliphatic hydroxyl groups excluding tert-OH is 1. The molecule has 90 valence electrons. The van der Waals surface area contributed by atoms with Crippen molar-refractivity contribution in [2.45, 2.75) is 38.7 Å². The quantitative estimate of drug-likeness (QED) is 0.764. The molecule has 0 amide bonds. The van der Waals surface area contributed by atoms with Gasteiger partial charge in [-0.1, -0.05) is 0 Å². The van der Waals surface area contributed by atoms with Crippen LogP contribution < -0.4 is 0 Å². The smallest absolute Gasteiger partial charge is 0.160 e. The van der Waals surface area contributed by atoms with E-state index in [0.717, 1.165) is 12.4 Å². The Morgan fingerprint density at radius 1 is 1.56 bits per heavy atom. The molecule has 1 fully saturated rings. The lowest BCUT2D eigenvalue weighted by Crippen LogP contribution is -2.22. The maximum atomic E-state index is 9.86. The summed E-state index contributed by atoms with van der Waals surface area (Å²) in [4.78, 5) is 4.11. The molecule has 0 saturated carbocycles. The Balaban J connectivity index is 1.84. The first-order valence-corrected chi connectivity index (χ1v) is 5.57. The zero-order chi connectivity index (χ0) is 11.4. The monoisotopic (exact) mass is 227 g/mol. The topological polar surface area (TPSA) is 69.4 Å². The molecular formula is C10H17N3O3. The molecule has 0 aromatic carbocycles. The minimum atomic E-state index is -0.502. The molecule has 1 aliphatic heterocycles. The summed E-state index contributed by atoms with van der Waals surface area (Å²) in [6.07, 6.45) is 1.70. The number of rotatable bonds is 5. The predicted molar refractivity (Wildman–Crippen MR) is 55.7 cm³/mol. The third kappa shape index (κ3) is 2.78. The van der Waals surface area contributed by atoms with E-state index in [-0.39, 0.29) is 6.29 Å². The summed E-state index contributed by atoms with van der Waals surface area (Å²) in [5, 5.41) is 13.9. The SMILES string of the molecule is CCn1ncnc1CC(O)CC1OCCO1. The summed E-state index contributed by atoms with van der Waals surface area (Å²) in [6, 6.07) is 0. The van der Waals surface area contributed by atoms with Crippen LogP contribution in [0.3, 0.4) is 0 Å². The second-order valence-corrected chi connectivity index (χ2v) is 3.76. The number of aromatic nitrogens is 3. The van der Waals surface area contributed by atoms with Crippen LogP contribution in [0.4, 0.5) is 0 Å². The summed E-state index contributed by atoms with van der Waals surface area (Å²) >= 11 is 0. The van der Waals surface area contributed by atoms with Gasteiger partial charge in [-0.3, -0.25) is 4.68 Å². The summed E-state index contributed by atoms with van der Waals surface area (Å²) in [6.45, 7) is 3.98. The van der Waals surface area contributed by atoms with Gasteiger partial charge >= 0.3 is 0 Å². The summed E-state index contributed by atoms with van der Waals surface area (Å²) in [5.41, 5.74) is 0. The van der Waals surface area contributed by atoms with E-state index < -0.39 is 6.10 Å². The Morgan fingerprint density at radius 3 is 3.00 bits per heavy atom. The molecule has 0 spiro atoms. The molecule has 6 heteroatoms. The first-order chi connectivity index (χ1) is 7.79. The molecule has 1 unspecified atom stereocenters. The first kappa shape index (κ1) is 11.5. The Hall–Kier alpha value is -0.980. The molecule has 1 N–H and O–H groups in total. The van der Waals surface area contributed by atoms with E-state index in [0.29, 0.717) is 26.1 Å². The Bertz CT molecular complexity index is 323. The molecule has 1 saturated heterocycles. The predicted octanol–water partition coefficient (Wildman–Crippen LogP) is -0.0356. The van der Waals surface area contributed by atoms with Gasteiger partial charge < -0.3 is 14.6 Å². The van der Waals surface area contributed by atoms with Crippen molar-refractivity contribution in [2.24, 2.45) is 0 Å². The van der Waals surface area contributed by atoms with Crippen molar-refractivity contribution in [1.29, 1.82) is 0 Å². The average molecular weight is 227 g/mol. The molecule has 1 aliphatic rings. The van der Waals surface area contributed by atoms with Gasteiger partial charge in [0.1, 0.15) is 12.2 Å². The molecule has 1 aromatic heterocycles. The van der Waals surface area contributed by atoms with Crippen LogP contribution in [0.15, 0.2) is 6.33 Å². The van der Waals surface area contributed by atoms with Gasteiger partial charge in [-0.05, 0) is 6.92 Å². The lowest BCUT2D eigenvalue weighted by Gasteiger charge is -2.14. The minimum absolute atomic E-state index is 0.270. The zero-order valence-corrected chi connectivity index (χ0v) is 9.37. The fourth-order valence-corrected chi connectivity index (χ4v) is 1.77. The molecule has 0 bridgehead atoms. The Labute approximate surface area is 94.2 Å². The lowest BCUT2D eigenvalue weighted by atomic mass is 10.2. The Morgan fingerprint density at radius 2 is 2.31 bits per heavy atom. The van der Waals surface area contributed by atoms with Gasteiger partial charge in [0.05, 0.1) is 19.3 Å². The van der Waals surface area contributed by atoms with Gasteiger partial charge in [0, 0.05) is 19.4 Å². The second-order valence-electron chi connectivity index (χ2n) is 3.76. The molecule has 2 rings (SSSR count). The molecule has 1 aromatic rings. The van der Waals surface area contributed by atoms with Crippen molar-refractivity contribution in [3.05, 3.63) is 12.2 Å². The van der Waals surface area contributed by atoms with Crippen molar-refractivity contribution >= 4 is 0 Å². The van der Waals surface area contributed by atoms with Crippen molar-refractivity contribution in [2.75, 3.05) is 13.2 Å². The zero-order valence-electron chi connectivity index (χ0n) is 9.37. The standard InChI is InChI=1S/C10H17N3O3/c1-2-13-9(11-7-12-13)5-8(14)6-10-15-3-4-16-10/h7-8,10,14H,2-6H2,1H3. The third-order valence-corrected chi connectivity index (χ3v) is 2.57. The van der Waals surface area contributed by atoms with E-state index in [2.05, 4.69) is 10.1 Å². The molecular weight excluding hydrogens is 210 g/mol.